The van der Waals surface area contributed by atoms with E-state index in [0.717, 1.165) is 6.07 Å². The molecule has 0 nitrogen and oxygen atoms in total. The van der Waals surface area contributed by atoms with Gasteiger partial charge in [-0.3, -0.25) is 0 Å². The van der Waals surface area contributed by atoms with Crippen LogP contribution < -0.4 is 0 Å². The summed E-state index contributed by atoms with van der Waals surface area (Å²) in [6.45, 7) is -9.08. The van der Waals surface area contributed by atoms with Crippen molar-refractivity contribution < 1.29 is 19.2 Å². The van der Waals surface area contributed by atoms with Gasteiger partial charge in [0.25, 0.3) is 0 Å². The van der Waals surface area contributed by atoms with Crippen LogP contribution in [0.1, 0.15) is 50.9 Å². The minimum atomic E-state index is -3.48. The van der Waals surface area contributed by atoms with Crippen molar-refractivity contribution in [3.63, 3.8) is 0 Å². The van der Waals surface area contributed by atoms with Crippen molar-refractivity contribution in [2.45, 2.75) is 32.9 Å². The van der Waals surface area contributed by atoms with Crippen LogP contribution in [-0.2, 0) is 5.41 Å². The van der Waals surface area contributed by atoms with Gasteiger partial charge in [0.2, 0.25) is 0 Å². The molecule has 0 radical (unpaired) electrons. The van der Waals surface area contributed by atoms with Crippen molar-refractivity contribution in [3.05, 3.63) is 59.5 Å². The monoisotopic (exact) mass is 238 g/mol. The van der Waals surface area contributed by atoms with E-state index < -0.39 is 61.7 Å². The Morgan fingerprint density at radius 2 is 1.71 bits per heavy atom. The molecule has 0 N–H and O–H groups in total. The van der Waals surface area contributed by atoms with Crippen LogP contribution in [0.2, 0.25) is 0 Å². The minimum absolute atomic E-state index is 0.0690. The highest BCUT2D eigenvalue weighted by Gasteiger charge is 2.16. The second-order valence-corrected chi connectivity index (χ2v) is 3.78. The molecule has 0 aromatic heterocycles. The fourth-order valence-corrected chi connectivity index (χ4v) is 1.58. The molecule has 0 amide bonds. The fourth-order valence-electron chi connectivity index (χ4n) is 1.58. The number of benzene rings is 2. The van der Waals surface area contributed by atoms with Crippen LogP contribution in [0.25, 0.3) is 11.1 Å². The van der Waals surface area contributed by atoms with Gasteiger partial charge >= 0.3 is 0 Å². The maximum Gasteiger partial charge on any atom is 0.0629 e. The van der Waals surface area contributed by atoms with Gasteiger partial charge in [0.1, 0.15) is 0 Å². The van der Waals surface area contributed by atoms with E-state index in [2.05, 4.69) is 0 Å². The molecular formula is C17H20. The first kappa shape index (κ1) is 3.47. The number of rotatable bonds is 1. The summed E-state index contributed by atoms with van der Waals surface area (Å²) >= 11 is 0. The SMILES string of the molecule is [2H]c1c([2H])c([2H])c(-c2ccc(C)c(C(C([2H])([2H])[2H])(C([2H])([2H])[2H])C([2H])([2H])[2H])c2)c([2H])c1[2H]. The lowest BCUT2D eigenvalue weighted by Gasteiger charge is -2.22. The van der Waals surface area contributed by atoms with Gasteiger partial charge < -0.3 is 0 Å². The Kier molecular flexibility index (Phi) is 0.892. The molecule has 2 rings (SSSR count). The van der Waals surface area contributed by atoms with Crippen molar-refractivity contribution in [1.29, 1.82) is 0 Å². The van der Waals surface area contributed by atoms with Crippen molar-refractivity contribution in [2.24, 2.45) is 0 Å². The van der Waals surface area contributed by atoms with Crippen molar-refractivity contribution >= 4 is 0 Å². The Balaban J connectivity index is 3.05. The Morgan fingerprint density at radius 1 is 1.00 bits per heavy atom. The first-order valence-corrected chi connectivity index (χ1v) is 4.99. The highest BCUT2D eigenvalue weighted by Crippen LogP contribution is 2.30. The van der Waals surface area contributed by atoms with Crippen LogP contribution >= 0.6 is 0 Å². The van der Waals surface area contributed by atoms with Crippen molar-refractivity contribution in [3.8, 4) is 11.1 Å². The van der Waals surface area contributed by atoms with Gasteiger partial charge in [-0.25, -0.2) is 0 Å². The molecule has 0 aliphatic carbocycles. The van der Waals surface area contributed by atoms with E-state index in [9.17, 15) is 0 Å². The molecular weight excluding hydrogens is 204 g/mol. The van der Waals surface area contributed by atoms with E-state index >= 15 is 0 Å². The Labute approximate surface area is 124 Å². The molecule has 0 unspecified atom stereocenters. The van der Waals surface area contributed by atoms with Crippen LogP contribution in [0.5, 0.6) is 0 Å². The third kappa shape index (κ3) is 2.58. The van der Waals surface area contributed by atoms with Gasteiger partial charge in [-0.2, -0.15) is 0 Å². The third-order valence-electron chi connectivity index (χ3n) is 2.43. The fraction of sp³-hybridized carbons (Fsp3) is 0.294. The molecule has 0 spiro atoms. The molecule has 0 aliphatic heterocycles. The van der Waals surface area contributed by atoms with E-state index in [1.54, 1.807) is 0 Å². The average molecular weight is 238 g/mol. The molecule has 0 heterocycles. The minimum Gasteiger partial charge on any atom is -0.0622 e. The van der Waals surface area contributed by atoms with Gasteiger partial charge in [-0.05, 0) is 34.6 Å². The van der Waals surface area contributed by atoms with E-state index in [4.69, 9.17) is 19.2 Å². The standard InChI is InChI=1S/C17H20/c1-13-10-11-15(12-16(13)17(2,3)4)14-8-6-5-7-9-14/h5-12H,1-4H3/i2D3,3D3,4D3,5D,6D,7D,8D,9D. The first-order valence-electron chi connectivity index (χ1n) is 12.0. The lowest BCUT2D eigenvalue weighted by Crippen LogP contribution is -2.13. The number of aryl methyl sites for hydroxylation is 1. The molecule has 0 heteroatoms. The lowest BCUT2D eigenvalue weighted by atomic mass is 9.82. The van der Waals surface area contributed by atoms with Crippen LogP contribution in [-0.4, -0.2) is 0 Å². The Morgan fingerprint density at radius 3 is 2.35 bits per heavy atom. The third-order valence-corrected chi connectivity index (χ3v) is 2.43. The van der Waals surface area contributed by atoms with Crippen LogP contribution in [0.4, 0.5) is 0 Å². The maximum absolute atomic E-state index is 8.12. The zero-order valence-electron chi connectivity index (χ0n) is 23.2. The predicted molar refractivity (Wildman–Crippen MR) is 75.3 cm³/mol. The molecule has 88 valence electrons. The van der Waals surface area contributed by atoms with E-state index in [1.165, 1.54) is 19.1 Å². The molecule has 0 fully saturated rings. The highest BCUT2D eigenvalue weighted by molar-refractivity contribution is 5.65. The average Bonchev–Trinajstić information content (AvgIpc) is 2.57. The van der Waals surface area contributed by atoms with Crippen LogP contribution in [0, 0.1) is 6.92 Å². The summed E-state index contributed by atoms with van der Waals surface area (Å²) in [7, 11) is 0. The summed E-state index contributed by atoms with van der Waals surface area (Å²) in [6, 6.07) is 0.547. The molecule has 2 aromatic rings. The van der Waals surface area contributed by atoms with E-state index in [0.29, 0.717) is 0 Å². The molecule has 0 aliphatic rings. The molecule has 0 saturated carbocycles. The van der Waals surface area contributed by atoms with Crippen LogP contribution in [0.3, 0.4) is 0 Å². The Hall–Kier alpha value is -1.56. The van der Waals surface area contributed by atoms with Gasteiger partial charge in [0.05, 0.1) is 6.85 Å². The quantitative estimate of drug-likeness (QED) is 0.659. The molecule has 0 bridgehead atoms. The summed E-state index contributed by atoms with van der Waals surface area (Å²) in [4.78, 5) is 0. The summed E-state index contributed by atoms with van der Waals surface area (Å²) in [5.74, 6) is 0. The molecule has 17 heavy (non-hydrogen) atoms. The van der Waals surface area contributed by atoms with E-state index in [-0.39, 0.29) is 16.7 Å². The van der Waals surface area contributed by atoms with Gasteiger partial charge in [0.15, 0.2) is 0 Å². The molecule has 0 saturated heterocycles. The van der Waals surface area contributed by atoms with Crippen molar-refractivity contribution in [2.75, 3.05) is 0 Å². The Bertz CT molecular complexity index is 944. The first-order chi connectivity index (χ1) is 13.8. The van der Waals surface area contributed by atoms with Crippen LogP contribution in [0.15, 0.2) is 48.4 Å². The smallest absolute Gasteiger partial charge is 0.0622 e. The number of hydrogen-bond donors (Lipinski definition) is 0. The predicted octanol–water partition coefficient (Wildman–Crippen LogP) is 4.96. The number of hydrogen-bond acceptors (Lipinski definition) is 0. The highest BCUT2D eigenvalue weighted by atomic mass is 14.2. The van der Waals surface area contributed by atoms with Gasteiger partial charge in [-0.15, -0.1) is 0 Å². The summed E-state index contributed by atoms with van der Waals surface area (Å²) < 4.78 is 111. The maximum atomic E-state index is 8.12. The zero-order valence-corrected chi connectivity index (χ0v) is 9.23. The molecule has 0 atom stereocenters. The van der Waals surface area contributed by atoms with E-state index in [1.807, 2.05) is 0 Å². The summed E-state index contributed by atoms with van der Waals surface area (Å²) in [6.07, 6.45) is 0. The zero-order chi connectivity index (χ0) is 24.3. The molecule has 2 aromatic carbocycles. The largest absolute Gasteiger partial charge is 0.0629 e. The lowest BCUT2D eigenvalue weighted by molar-refractivity contribution is 0.586. The van der Waals surface area contributed by atoms with Gasteiger partial charge in [0, 0.05) is 12.3 Å². The van der Waals surface area contributed by atoms with Gasteiger partial charge in [-0.1, -0.05) is 69.0 Å². The van der Waals surface area contributed by atoms with Crippen molar-refractivity contribution in [1.82, 2.24) is 0 Å². The second kappa shape index (κ2) is 4.37. The summed E-state index contributed by atoms with van der Waals surface area (Å²) in [5, 5.41) is 0. The normalized spacial score (nSPS) is 25.7. The summed E-state index contributed by atoms with van der Waals surface area (Å²) in [5.41, 5.74) is -4.08. The second-order valence-electron chi connectivity index (χ2n) is 3.78. The topological polar surface area (TPSA) is 0 Å².